The van der Waals surface area contributed by atoms with Gasteiger partial charge in [0.25, 0.3) is 0 Å². The maximum atomic E-state index is 12.5. The average molecular weight is 382 g/mol. The van der Waals surface area contributed by atoms with Crippen LogP contribution < -0.4 is 5.32 Å². The Kier molecular flexibility index (Phi) is 5.96. The van der Waals surface area contributed by atoms with Crippen LogP contribution in [0.3, 0.4) is 0 Å². The third kappa shape index (κ3) is 4.77. The lowest BCUT2D eigenvalue weighted by Gasteiger charge is -2.09. The Hall–Kier alpha value is -2.60. The Morgan fingerprint density at radius 3 is 2.44 bits per heavy atom. The quantitative estimate of drug-likeness (QED) is 0.835. The predicted molar refractivity (Wildman–Crippen MR) is 111 cm³/mol. The molecule has 2 aromatic carbocycles. The molecule has 1 atom stereocenters. The number of anilines is 1. The Morgan fingerprint density at radius 1 is 1.15 bits per heavy atom. The number of carbonyl (C=O) groups excluding carboxylic acids is 2. The zero-order valence-electron chi connectivity index (χ0n) is 15.7. The first-order valence-corrected chi connectivity index (χ1v) is 9.80. The molecular weight excluding hydrogens is 358 g/mol. The van der Waals surface area contributed by atoms with Crippen molar-refractivity contribution in [3.05, 3.63) is 60.2 Å². The van der Waals surface area contributed by atoms with Crippen molar-refractivity contribution < 1.29 is 9.59 Å². The lowest BCUT2D eigenvalue weighted by atomic mass is 10.0. The van der Waals surface area contributed by atoms with Crippen LogP contribution in [0.5, 0.6) is 0 Å². The summed E-state index contributed by atoms with van der Waals surface area (Å²) < 4.78 is 0. The molecule has 1 N–H and O–H groups in total. The number of benzene rings is 2. The Morgan fingerprint density at radius 2 is 1.81 bits per heavy atom. The molecule has 0 aliphatic carbocycles. The lowest BCUT2D eigenvalue weighted by molar-refractivity contribution is -0.127. The van der Waals surface area contributed by atoms with Gasteiger partial charge in [0.15, 0.2) is 5.17 Å². The second-order valence-electron chi connectivity index (χ2n) is 6.76. The Balaban J connectivity index is 1.66. The number of rotatable bonds is 5. The highest BCUT2D eigenvalue weighted by atomic mass is 32.2. The van der Waals surface area contributed by atoms with Crippen LogP contribution in [0.15, 0.2) is 59.6 Å². The molecule has 3 rings (SSSR count). The normalized spacial score (nSPS) is 18.4. The molecular formula is C21H23N3O2S. The maximum absolute atomic E-state index is 12.5. The molecule has 0 spiro atoms. The number of carbonyl (C=O) groups is 2. The van der Waals surface area contributed by atoms with Gasteiger partial charge < -0.3 is 5.32 Å². The number of thioether (sulfide) groups is 1. The molecule has 0 unspecified atom stereocenters. The minimum Gasteiger partial charge on any atom is -0.326 e. The number of para-hydroxylation sites is 1. The minimum absolute atomic E-state index is 0.0965. The fourth-order valence-corrected chi connectivity index (χ4v) is 3.90. The second-order valence-corrected chi connectivity index (χ2v) is 7.93. The molecule has 1 aliphatic rings. The van der Waals surface area contributed by atoms with Crippen LogP contribution in [0.4, 0.5) is 11.4 Å². The van der Waals surface area contributed by atoms with E-state index >= 15 is 0 Å². The Bertz CT molecular complexity index is 847. The summed E-state index contributed by atoms with van der Waals surface area (Å²) in [6, 6.07) is 17.3. The van der Waals surface area contributed by atoms with Crippen molar-refractivity contribution in [3.63, 3.8) is 0 Å². The molecule has 0 aromatic heterocycles. The summed E-state index contributed by atoms with van der Waals surface area (Å²) in [6.07, 6.45) is 0.119. The van der Waals surface area contributed by atoms with E-state index in [9.17, 15) is 9.59 Å². The Labute approximate surface area is 163 Å². The number of amidine groups is 1. The van der Waals surface area contributed by atoms with E-state index in [1.54, 1.807) is 7.05 Å². The standard InChI is InChI=1S/C21H23N3O2S/c1-14(2)15-9-11-17(12-10-15)23-21-24(3)20(26)18(27-21)13-19(25)22-16-7-5-4-6-8-16/h4-12,14,18H,13H2,1-3H3,(H,22,25)/t18-/m1/s1. The smallest absolute Gasteiger partial charge is 0.242 e. The molecule has 0 radical (unpaired) electrons. The van der Waals surface area contributed by atoms with Crippen molar-refractivity contribution in [1.29, 1.82) is 0 Å². The zero-order chi connectivity index (χ0) is 19.4. The van der Waals surface area contributed by atoms with Gasteiger partial charge in [0.2, 0.25) is 11.8 Å². The van der Waals surface area contributed by atoms with Gasteiger partial charge in [-0.3, -0.25) is 14.5 Å². The van der Waals surface area contributed by atoms with Crippen molar-refractivity contribution in [2.75, 3.05) is 12.4 Å². The number of amides is 2. The summed E-state index contributed by atoms with van der Waals surface area (Å²) in [5.41, 5.74) is 2.78. The van der Waals surface area contributed by atoms with Crippen LogP contribution in [0.1, 0.15) is 31.7 Å². The monoisotopic (exact) mass is 381 g/mol. The van der Waals surface area contributed by atoms with Crippen molar-refractivity contribution in [1.82, 2.24) is 4.90 Å². The predicted octanol–water partition coefficient (Wildman–Crippen LogP) is 4.40. The van der Waals surface area contributed by atoms with Gasteiger partial charge in [0.1, 0.15) is 5.25 Å². The van der Waals surface area contributed by atoms with Crippen LogP contribution in [0.2, 0.25) is 0 Å². The fourth-order valence-electron chi connectivity index (χ4n) is 2.74. The number of nitrogens with one attached hydrogen (secondary N) is 1. The number of hydrogen-bond acceptors (Lipinski definition) is 4. The van der Waals surface area contributed by atoms with Crippen LogP contribution >= 0.6 is 11.8 Å². The van der Waals surface area contributed by atoms with Gasteiger partial charge in [-0.15, -0.1) is 0 Å². The van der Waals surface area contributed by atoms with Crippen LogP contribution in [-0.4, -0.2) is 34.2 Å². The van der Waals surface area contributed by atoms with Gasteiger partial charge in [0, 0.05) is 19.2 Å². The first kappa shape index (κ1) is 19.2. The van der Waals surface area contributed by atoms with E-state index in [0.717, 1.165) is 11.4 Å². The van der Waals surface area contributed by atoms with Crippen molar-refractivity contribution in [2.24, 2.45) is 4.99 Å². The van der Waals surface area contributed by atoms with E-state index in [-0.39, 0.29) is 18.2 Å². The molecule has 1 aliphatic heterocycles. The highest BCUT2D eigenvalue weighted by molar-refractivity contribution is 8.15. The highest BCUT2D eigenvalue weighted by Gasteiger charge is 2.36. The molecule has 6 heteroatoms. The van der Waals surface area contributed by atoms with E-state index in [4.69, 9.17) is 0 Å². The molecule has 1 heterocycles. The molecule has 2 aromatic rings. The topological polar surface area (TPSA) is 61.8 Å². The lowest BCUT2D eigenvalue weighted by Crippen LogP contribution is -2.30. The van der Waals surface area contributed by atoms with Gasteiger partial charge in [-0.25, -0.2) is 4.99 Å². The van der Waals surface area contributed by atoms with Crippen molar-refractivity contribution in [2.45, 2.75) is 31.4 Å². The van der Waals surface area contributed by atoms with Crippen molar-refractivity contribution in [3.8, 4) is 0 Å². The third-order valence-corrected chi connectivity index (χ3v) is 5.58. The number of aliphatic imine (C=N–C) groups is 1. The molecule has 0 bridgehead atoms. The first-order chi connectivity index (χ1) is 12.9. The highest BCUT2D eigenvalue weighted by Crippen LogP contribution is 2.31. The molecule has 2 amide bonds. The van der Waals surface area contributed by atoms with Crippen LogP contribution in [0, 0.1) is 0 Å². The fraction of sp³-hybridized carbons (Fsp3) is 0.286. The molecule has 5 nitrogen and oxygen atoms in total. The summed E-state index contributed by atoms with van der Waals surface area (Å²) in [5.74, 6) is 0.188. The van der Waals surface area contributed by atoms with Gasteiger partial charge in [-0.2, -0.15) is 0 Å². The molecule has 140 valence electrons. The van der Waals surface area contributed by atoms with E-state index in [2.05, 4.69) is 36.3 Å². The second kappa shape index (κ2) is 8.39. The summed E-state index contributed by atoms with van der Waals surface area (Å²) in [4.78, 5) is 30.8. The average Bonchev–Trinajstić information content (AvgIpc) is 2.91. The summed E-state index contributed by atoms with van der Waals surface area (Å²) in [5, 5.41) is 2.99. The number of hydrogen-bond donors (Lipinski definition) is 1. The van der Waals surface area contributed by atoms with E-state index < -0.39 is 5.25 Å². The third-order valence-electron chi connectivity index (χ3n) is 4.35. The summed E-state index contributed by atoms with van der Waals surface area (Å²) >= 11 is 1.34. The van der Waals surface area contributed by atoms with Crippen LogP contribution in [-0.2, 0) is 9.59 Å². The van der Waals surface area contributed by atoms with E-state index in [0.29, 0.717) is 11.1 Å². The largest absolute Gasteiger partial charge is 0.326 e. The molecule has 1 fully saturated rings. The van der Waals surface area contributed by atoms with Crippen LogP contribution in [0.25, 0.3) is 0 Å². The minimum atomic E-state index is -0.451. The van der Waals surface area contributed by atoms with Crippen molar-refractivity contribution >= 4 is 40.1 Å². The SMILES string of the molecule is CC(C)c1ccc(N=C2S[C@H](CC(=O)Nc3ccccc3)C(=O)N2C)cc1. The molecule has 0 saturated carbocycles. The summed E-state index contributed by atoms with van der Waals surface area (Å²) in [7, 11) is 1.70. The number of nitrogens with zero attached hydrogens (tertiary/aromatic N) is 2. The van der Waals surface area contributed by atoms with E-state index in [1.807, 2.05) is 42.5 Å². The zero-order valence-corrected chi connectivity index (χ0v) is 16.5. The van der Waals surface area contributed by atoms with E-state index in [1.165, 1.54) is 22.2 Å². The molecule has 1 saturated heterocycles. The molecule has 27 heavy (non-hydrogen) atoms. The van der Waals surface area contributed by atoms with Gasteiger partial charge >= 0.3 is 0 Å². The first-order valence-electron chi connectivity index (χ1n) is 8.92. The van der Waals surface area contributed by atoms with Gasteiger partial charge in [-0.05, 0) is 35.7 Å². The summed E-state index contributed by atoms with van der Waals surface area (Å²) in [6.45, 7) is 4.29. The van der Waals surface area contributed by atoms with Gasteiger partial charge in [-0.1, -0.05) is 55.9 Å². The maximum Gasteiger partial charge on any atom is 0.242 e. The van der Waals surface area contributed by atoms with Gasteiger partial charge in [0.05, 0.1) is 5.69 Å².